The lowest BCUT2D eigenvalue weighted by molar-refractivity contribution is -0.240. The first-order chi connectivity index (χ1) is 10.1. The summed E-state index contributed by atoms with van der Waals surface area (Å²) in [6.45, 7) is 4.93. The van der Waals surface area contributed by atoms with Gasteiger partial charge in [-0.05, 0) is 6.92 Å². The number of carbonyl (C=O) groups is 4. The molecule has 124 valence electrons. The maximum absolute atomic E-state index is 11.5. The molecule has 0 unspecified atom stereocenters. The number of primary amides is 1. The van der Waals surface area contributed by atoms with E-state index in [9.17, 15) is 19.2 Å². The Morgan fingerprint density at radius 2 is 1.23 bits per heavy atom. The standard InChI is InChI=1S/C13H19NO8/c1-5-9(20-6(2)15)10(21-7(3)16)11(22-8(4)17)12(19-5)13(14)18/h5,9-12H,1-4H3,(H2,14,18)/t5-,9-,10+,11-,12-/m1/s1. The Labute approximate surface area is 127 Å². The molecule has 2 N–H and O–H groups in total. The van der Waals surface area contributed by atoms with Crippen molar-refractivity contribution < 1.29 is 38.1 Å². The van der Waals surface area contributed by atoms with Crippen molar-refractivity contribution >= 4 is 23.8 Å². The molecule has 1 heterocycles. The quantitative estimate of drug-likeness (QED) is 0.519. The van der Waals surface area contributed by atoms with E-state index in [1.165, 1.54) is 13.8 Å². The molecule has 0 radical (unpaired) electrons. The maximum atomic E-state index is 11.5. The number of hydrogen-bond donors (Lipinski definition) is 1. The van der Waals surface area contributed by atoms with Gasteiger partial charge in [-0.25, -0.2) is 0 Å². The van der Waals surface area contributed by atoms with E-state index in [1.807, 2.05) is 0 Å². The zero-order valence-electron chi connectivity index (χ0n) is 12.7. The van der Waals surface area contributed by atoms with Crippen molar-refractivity contribution in [2.75, 3.05) is 0 Å². The van der Waals surface area contributed by atoms with E-state index in [1.54, 1.807) is 0 Å². The van der Waals surface area contributed by atoms with Gasteiger partial charge in [0, 0.05) is 20.8 Å². The molecule has 1 fully saturated rings. The van der Waals surface area contributed by atoms with Crippen LogP contribution in [0, 0.1) is 0 Å². The third kappa shape index (κ3) is 4.42. The Balaban J connectivity index is 3.18. The van der Waals surface area contributed by atoms with E-state index < -0.39 is 54.3 Å². The van der Waals surface area contributed by atoms with E-state index in [4.69, 9.17) is 24.7 Å². The monoisotopic (exact) mass is 317 g/mol. The molecule has 1 aliphatic heterocycles. The summed E-state index contributed by atoms with van der Waals surface area (Å²) >= 11 is 0. The summed E-state index contributed by atoms with van der Waals surface area (Å²) in [5, 5.41) is 0. The van der Waals surface area contributed by atoms with E-state index in [0.29, 0.717) is 0 Å². The van der Waals surface area contributed by atoms with Crippen molar-refractivity contribution in [3.63, 3.8) is 0 Å². The lowest BCUT2D eigenvalue weighted by atomic mass is 9.94. The molecule has 22 heavy (non-hydrogen) atoms. The van der Waals surface area contributed by atoms with Crippen LogP contribution in [0.5, 0.6) is 0 Å². The Morgan fingerprint density at radius 3 is 1.64 bits per heavy atom. The molecular weight excluding hydrogens is 298 g/mol. The van der Waals surface area contributed by atoms with Crippen molar-refractivity contribution in [1.29, 1.82) is 0 Å². The second-order valence-corrected chi connectivity index (χ2v) is 4.89. The van der Waals surface area contributed by atoms with Crippen molar-refractivity contribution in [2.24, 2.45) is 5.73 Å². The van der Waals surface area contributed by atoms with Gasteiger partial charge in [0.25, 0.3) is 5.91 Å². The average molecular weight is 317 g/mol. The van der Waals surface area contributed by atoms with E-state index in [-0.39, 0.29) is 0 Å². The summed E-state index contributed by atoms with van der Waals surface area (Å²) in [6, 6.07) is 0. The van der Waals surface area contributed by atoms with Crippen molar-refractivity contribution in [2.45, 2.75) is 58.2 Å². The third-order valence-electron chi connectivity index (χ3n) is 2.96. The number of ether oxygens (including phenoxy) is 4. The van der Waals surface area contributed by atoms with Gasteiger partial charge in [-0.3, -0.25) is 19.2 Å². The summed E-state index contributed by atoms with van der Waals surface area (Å²) < 4.78 is 20.5. The molecule has 1 aliphatic rings. The SMILES string of the molecule is CC(=O)O[C@@H]1[C@@H](OC(C)=O)[C@H](C(N)=O)O[C@H](C)[C@H]1OC(C)=O. The lowest BCUT2D eigenvalue weighted by Crippen LogP contribution is -2.63. The Hall–Kier alpha value is -2.16. The summed E-state index contributed by atoms with van der Waals surface area (Å²) in [5.74, 6) is -2.96. The van der Waals surface area contributed by atoms with Gasteiger partial charge in [0.1, 0.15) is 0 Å². The molecule has 1 rings (SSSR count). The van der Waals surface area contributed by atoms with E-state index >= 15 is 0 Å². The van der Waals surface area contributed by atoms with Crippen molar-refractivity contribution in [3.8, 4) is 0 Å². The fourth-order valence-corrected chi connectivity index (χ4v) is 2.24. The minimum Gasteiger partial charge on any atom is -0.456 e. The van der Waals surface area contributed by atoms with Crippen molar-refractivity contribution in [3.05, 3.63) is 0 Å². The molecule has 0 bridgehead atoms. The molecule has 1 amide bonds. The molecule has 1 saturated heterocycles. The summed E-state index contributed by atoms with van der Waals surface area (Å²) in [4.78, 5) is 45.3. The van der Waals surface area contributed by atoms with Gasteiger partial charge in [0.2, 0.25) is 0 Å². The predicted molar refractivity (Wildman–Crippen MR) is 70.2 cm³/mol. The summed E-state index contributed by atoms with van der Waals surface area (Å²) in [5.41, 5.74) is 5.23. The van der Waals surface area contributed by atoms with Crippen LogP contribution in [0.3, 0.4) is 0 Å². The molecular formula is C13H19NO8. The van der Waals surface area contributed by atoms with Crippen LogP contribution >= 0.6 is 0 Å². The molecule has 0 spiro atoms. The Bertz CT molecular complexity index is 477. The number of amides is 1. The maximum Gasteiger partial charge on any atom is 0.303 e. The number of hydrogen-bond acceptors (Lipinski definition) is 8. The van der Waals surface area contributed by atoms with Gasteiger partial charge < -0.3 is 24.7 Å². The zero-order chi connectivity index (χ0) is 17.0. The molecule has 9 nitrogen and oxygen atoms in total. The fourth-order valence-electron chi connectivity index (χ4n) is 2.24. The predicted octanol–water partition coefficient (Wildman–Crippen LogP) is -0.946. The van der Waals surface area contributed by atoms with Gasteiger partial charge in [-0.15, -0.1) is 0 Å². The highest BCUT2D eigenvalue weighted by atomic mass is 16.6. The van der Waals surface area contributed by atoms with Crippen LogP contribution in [0.1, 0.15) is 27.7 Å². The molecule has 9 heteroatoms. The Kier molecular flexibility index (Phi) is 5.86. The van der Waals surface area contributed by atoms with Gasteiger partial charge in [0.15, 0.2) is 24.4 Å². The molecule has 0 aromatic rings. The zero-order valence-corrected chi connectivity index (χ0v) is 12.7. The average Bonchev–Trinajstić information content (AvgIpc) is 2.34. The first-order valence-corrected chi connectivity index (χ1v) is 6.60. The van der Waals surface area contributed by atoms with Gasteiger partial charge in [0.05, 0.1) is 6.10 Å². The highest BCUT2D eigenvalue weighted by Crippen LogP contribution is 2.28. The number of carbonyl (C=O) groups excluding carboxylic acids is 4. The topological polar surface area (TPSA) is 131 Å². The van der Waals surface area contributed by atoms with E-state index in [2.05, 4.69) is 0 Å². The normalized spacial score (nSPS) is 31.0. The molecule has 0 aromatic heterocycles. The van der Waals surface area contributed by atoms with Crippen LogP contribution in [0.4, 0.5) is 0 Å². The van der Waals surface area contributed by atoms with Crippen LogP contribution < -0.4 is 5.73 Å². The molecule has 0 aromatic carbocycles. The van der Waals surface area contributed by atoms with Gasteiger partial charge in [-0.2, -0.15) is 0 Å². The molecule has 0 aliphatic carbocycles. The second-order valence-electron chi connectivity index (χ2n) is 4.89. The molecule has 0 saturated carbocycles. The van der Waals surface area contributed by atoms with Crippen LogP contribution in [-0.4, -0.2) is 54.3 Å². The number of esters is 3. The minimum atomic E-state index is -1.32. The Morgan fingerprint density at radius 1 is 0.818 bits per heavy atom. The second kappa shape index (κ2) is 7.21. The van der Waals surface area contributed by atoms with Gasteiger partial charge >= 0.3 is 17.9 Å². The lowest BCUT2D eigenvalue weighted by Gasteiger charge is -2.42. The summed E-state index contributed by atoms with van der Waals surface area (Å²) in [7, 11) is 0. The van der Waals surface area contributed by atoms with Crippen molar-refractivity contribution in [1.82, 2.24) is 0 Å². The highest BCUT2D eigenvalue weighted by molar-refractivity contribution is 5.80. The van der Waals surface area contributed by atoms with Crippen LogP contribution in [0.2, 0.25) is 0 Å². The third-order valence-corrected chi connectivity index (χ3v) is 2.96. The number of rotatable bonds is 4. The highest BCUT2D eigenvalue weighted by Gasteiger charge is 2.52. The van der Waals surface area contributed by atoms with Crippen LogP contribution in [0.25, 0.3) is 0 Å². The van der Waals surface area contributed by atoms with Crippen LogP contribution in [-0.2, 0) is 38.1 Å². The minimum absolute atomic E-state index is 0.642. The number of nitrogens with two attached hydrogens (primary N) is 1. The largest absolute Gasteiger partial charge is 0.456 e. The summed E-state index contributed by atoms with van der Waals surface area (Å²) in [6.07, 6.45) is -5.67. The first-order valence-electron chi connectivity index (χ1n) is 6.60. The van der Waals surface area contributed by atoms with E-state index in [0.717, 1.165) is 13.8 Å². The van der Waals surface area contributed by atoms with Crippen LogP contribution in [0.15, 0.2) is 0 Å². The molecule has 5 atom stereocenters. The smallest absolute Gasteiger partial charge is 0.303 e. The van der Waals surface area contributed by atoms with Gasteiger partial charge in [-0.1, -0.05) is 0 Å². The first kappa shape index (κ1) is 17.9. The fraction of sp³-hybridized carbons (Fsp3) is 0.692.